The molecule has 0 bridgehead atoms. The van der Waals surface area contributed by atoms with Crippen LogP contribution in [-0.4, -0.2) is 74.2 Å². The molecular weight excluding hydrogens is 507 g/mol. The van der Waals surface area contributed by atoms with Gasteiger partial charge in [-0.2, -0.15) is 0 Å². The first-order valence-corrected chi connectivity index (χ1v) is 15.5. The Morgan fingerprint density at radius 1 is 0.825 bits per heavy atom. The van der Waals surface area contributed by atoms with Crippen LogP contribution >= 0.6 is 0 Å². The number of alkyl halides is 1. The molecule has 3 fully saturated rings. The van der Waals surface area contributed by atoms with Gasteiger partial charge in [0, 0.05) is 55.3 Å². The first-order valence-electron chi connectivity index (χ1n) is 15.5. The van der Waals surface area contributed by atoms with E-state index < -0.39 is 11.8 Å². The van der Waals surface area contributed by atoms with Crippen molar-refractivity contribution in [2.24, 2.45) is 5.41 Å². The van der Waals surface area contributed by atoms with E-state index in [9.17, 15) is 14.7 Å². The monoisotopic (exact) mass is 550 g/mol. The summed E-state index contributed by atoms with van der Waals surface area (Å²) in [7, 11) is 0. The van der Waals surface area contributed by atoms with Crippen LogP contribution in [0.5, 0.6) is 0 Å². The zero-order chi connectivity index (χ0) is 27.7. The molecule has 7 nitrogen and oxygen atoms in total. The van der Waals surface area contributed by atoms with Gasteiger partial charge in [-0.3, -0.25) is 9.59 Å². The minimum atomic E-state index is -1.16. The van der Waals surface area contributed by atoms with Gasteiger partial charge in [0.1, 0.15) is 17.6 Å². The number of amides is 2. The van der Waals surface area contributed by atoms with Gasteiger partial charge in [-0.05, 0) is 37.8 Å². The van der Waals surface area contributed by atoms with Crippen molar-refractivity contribution in [3.8, 4) is 11.3 Å². The van der Waals surface area contributed by atoms with Gasteiger partial charge in [0.15, 0.2) is 0 Å². The van der Waals surface area contributed by atoms with E-state index in [0.29, 0.717) is 57.5 Å². The summed E-state index contributed by atoms with van der Waals surface area (Å²) in [5, 5.41) is 10.1. The van der Waals surface area contributed by atoms with Crippen LogP contribution in [0, 0.1) is 5.41 Å². The maximum atomic E-state index is 15.8. The molecule has 1 atom stereocenters. The normalized spacial score (nSPS) is 24.7. The largest absolute Gasteiger partial charge is 0.380 e. The summed E-state index contributed by atoms with van der Waals surface area (Å²) < 4.78 is 17.8. The fraction of sp³-hybridized carbons (Fsp3) is 0.656. The van der Waals surface area contributed by atoms with Gasteiger partial charge < -0.3 is 19.5 Å². The highest BCUT2D eigenvalue weighted by atomic mass is 19.1. The Hall–Kier alpha value is -2.74. The maximum Gasteiger partial charge on any atom is 0.254 e. The Morgan fingerprint density at radius 3 is 2.00 bits per heavy atom. The van der Waals surface area contributed by atoms with Gasteiger partial charge in [-0.25, -0.2) is 9.37 Å². The number of carbonyl (C=O) groups excluding carboxylic acids is 2. The van der Waals surface area contributed by atoms with Crippen LogP contribution in [0.2, 0.25) is 0 Å². The number of hydrogen-bond acceptors (Lipinski definition) is 4. The third kappa shape index (κ3) is 5.56. The van der Waals surface area contributed by atoms with Crippen molar-refractivity contribution in [3.05, 3.63) is 41.9 Å². The summed E-state index contributed by atoms with van der Waals surface area (Å²) in [6.07, 6.45) is 14.6. The van der Waals surface area contributed by atoms with Gasteiger partial charge in [-0.1, -0.05) is 63.5 Å². The Labute approximate surface area is 236 Å². The molecule has 216 valence electrons. The van der Waals surface area contributed by atoms with E-state index in [-0.39, 0.29) is 17.2 Å². The van der Waals surface area contributed by atoms with E-state index >= 15 is 4.39 Å². The van der Waals surface area contributed by atoms with Crippen LogP contribution in [0.3, 0.4) is 0 Å². The number of fused-ring (bicyclic) bond motifs is 1. The molecule has 1 aromatic carbocycles. The lowest BCUT2D eigenvalue weighted by Gasteiger charge is -2.40. The van der Waals surface area contributed by atoms with Crippen molar-refractivity contribution in [3.63, 3.8) is 0 Å². The molecule has 3 heterocycles. The molecule has 1 unspecified atom stereocenters. The topological polar surface area (TPSA) is 78.7 Å². The van der Waals surface area contributed by atoms with Crippen molar-refractivity contribution >= 4 is 11.8 Å². The number of benzene rings is 1. The first kappa shape index (κ1) is 27.4. The van der Waals surface area contributed by atoms with Gasteiger partial charge in [0.05, 0.1) is 12.2 Å². The first-order chi connectivity index (χ1) is 19.4. The van der Waals surface area contributed by atoms with Crippen LogP contribution in [0.1, 0.15) is 93.2 Å². The molecule has 2 aromatic rings. The second-order valence-electron chi connectivity index (χ2n) is 12.7. The number of imidazole rings is 1. The third-order valence-corrected chi connectivity index (χ3v) is 9.89. The summed E-state index contributed by atoms with van der Waals surface area (Å²) >= 11 is 0. The molecule has 1 N–H and O–H groups in total. The fourth-order valence-electron chi connectivity index (χ4n) is 7.02. The average Bonchev–Trinajstić information content (AvgIpc) is 3.61. The number of halogens is 1. The number of piperazine rings is 1. The Kier molecular flexibility index (Phi) is 7.73. The van der Waals surface area contributed by atoms with Gasteiger partial charge in [0.25, 0.3) is 11.8 Å². The van der Waals surface area contributed by atoms with Gasteiger partial charge in [0.2, 0.25) is 0 Å². The molecule has 2 amide bonds. The molecule has 6 rings (SSSR count). The lowest BCUT2D eigenvalue weighted by atomic mass is 9.70. The summed E-state index contributed by atoms with van der Waals surface area (Å²) in [5.74, 6) is 0.733. The van der Waals surface area contributed by atoms with Gasteiger partial charge >= 0.3 is 0 Å². The standard InChI is InChI=1S/C32H43FN4O3/c33-27-23-37-22-26(34-28(37)21-31(27)13-7-5-3-1-2-4-6-8-14-31)24-9-11-25(12-10-24)29(38)35-17-19-36(20-18-35)30(39)32(40)15-16-32/h9-12,22,27,40H,1-8,13-21,23H2. The number of rotatable bonds is 3. The van der Waals surface area contributed by atoms with Crippen molar-refractivity contribution < 1.29 is 19.1 Å². The molecule has 4 aliphatic rings. The number of carbonyl (C=O) groups is 2. The fourth-order valence-corrected chi connectivity index (χ4v) is 7.02. The molecular formula is C32H43FN4O3. The van der Waals surface area contributed by atoms with E-state index in [0.717, 1.165) is 42.8 Å². The van der Waals surface area contributed by atoms with Crippen LogP contribution in [0.25, 0.3) is 11.3 Å². The molecule has 8 heteroatoms. The van der Waals surface area contributed by atoms with E-state index in [1.54, 1.807) is 9.80 Å². The van der Waals surface area contributed by atoms with E-state index in [1.165, 1.54) is 38.5 Å². The highest BCUT2D eigenvalue weighted by molar-refractivity contribution is 5.95. The van der Waals surface area contributed by atoms with Crippen LogP contribution in [-0.2, 0) is 17.8 Å². The number of aromatic nitrogens is 2. The molecule has 2 aliphatic carbocycles. The average molecular weight is 551 g/mol. The predicted octanol–water partition coefficient (Wildman–Crippen LogP) is 5.15. The highest BCUT2D eigenvalue weighted by Crippen LogP contribution is 2.44. The zero-order valence-corrected chi connectivity index (χ0v) is 23.6. The zero-order valence-electron chi connectivity index (χ0n) is 23.6. The van der Waals surface area contributed by atoms with Gasteiger partial charge in [-0.15, -0.1) is 0 Å². The summed E-state index contributed by atoms with van der Waals surface area (Å²) in [4.78, 5) is 33.9. The lowest BCUT2D eigenvalue weighted by Crippen LogP contribution is -2.53. The van der Waals surface area contributed by atoms with Crippen molar-refractivity contribution in [2.45, 2.75) is 102 Å². The second-order valence-corrected chi connectivity index (χ2v) is 12.7. The molecule has 2 aliphatic heterocycles. The summed E-state index contributed by atoms with van der Waals surface area (Å²) in [6.45, 7) is 2.19. The molecule has 40 heavy (non-hydrogen) atoms. The summed E-state index contributed by atoms with van der Waals surface area (Å²) in [6, 6.07) is 7.54. The van der Waals surface area contributed by atoms with Crippen LogP contribution in [0.15, 0.2) is 30.5 Å². The number of hydrogen-bond donors (Lipinski definition) is 1. The second kappa shape index (κ2) is 11.3. The minimum Gasteiger partial charge on any atom is -0.380 e. The van der Waals surface area contributed by atoms with E-state index in [4.69, 9.17) is 4.98 Å². The smallest absolute Gasteiger partial charge is 0.254 e. The minimum absolute atomic E-state index is 0.0538. The van der Waals surface area contributed by atoms with Crippen LogP contribution < -0.4 is 0 Å². The number of nitrogens with zero attached hydrogens (tertiary/aromatic N) is 4. The SMILES string of the molecule is O=C(c1ccc(-c2cn3c(n2)CC2(CCCCCCCCCC2)C(F)C3)cc1)N1CCN(C(=O)C2(O)CC2)CC1. The lowest BCUT2D eigenvalue weighted by molar-refractivity contribution is -0.143. The summed E-state index contributed by atoms with van der Waals surface area (Å²) in [5.41, 5.74) is 0.921. The van der Waals surface area contributed by atoms with Crippen molar-refractivity contribution in [2.75, 3.05) is 26.2 Å². The third-order valence-electron chi connectivity index (χ3n) is 9.89. The molecule has 1 aromatic heterocycles. The Morgan fingerprint density at radius 2 is 1.40 bits per heavy atom. The maximum absolute atomic E-state index is 15.8. The number of aliphatic hydroxyl groups is 1. The Balaban J connectivity index is 1.10. The molecule has 1 spiro atoms. The molecule has 1 saturated heterocycles. The molecule has 2 saturated carbocycles. The van der Waals surface area contributed by atoms with E-state index in [2.05, 4.69) is 0 Å². The quantitative estimate of drug-likeness (QED) is 0.573. The van der Waals surface area contributed by atoms with Crippen molar-refractivity contribution in [1.29, 1.82) is 0 Å². The van der Waals surface area contributed by atoms with Crippen molar-refractivity contribution in [1.82, 2.24) is 19.4 Å². The van der Waals surface area contributed by atoms with Crippen LogP contribution in [0.4, 0.5) is 4.39 Å². The van der Waals surface area contributed by atoms with E-state index in [1.807, 2.05) is 35.0 Å². The highest BCUT2D eigenvalue weighted by Gasteiger charge is 2.50. The predicted molar refractivity (Wildman–Crippen MR) is 152 cm³/mol. The Bertz CT molecular complexity index is 1200. The molecule has 0 radical (unpaired) electrons.